The topological polar surface area (TPSA) is 81.1 Å². The van der Waals surface area contributed by atoms with Crippen molar-refractivity contribution in [2.45, 2.75) is 50.5 Å². The van der Waals surface area contributed by atoms with E-state index in [4.69, 9.17) is 0 Å². The molecule has 2 fully saturated rings. The Hall–Kier alpha value is -1.63. The number of nitrogens with one attached hydrogen (secondary N) is 1. The van der Waals surface area contributed by atoms with Crippen LogP contribution in [-0.4, -0.2) is 35.6 Å². The smallest absolute Gasteiger partial charge is 0.228 e. The predicted octanol–water partition coefficient (Wildman–Crippen LogP) is 2.41. The molecule has 24 heavy (non-hydrogen) atoms. The maximum atomic E-state index is 12.6. The first-order chi connectivity index (χ1) is 11.5. The van der Waals surface area contributed by atoms with E-state index in [-0.39, 0.29) is 29.4 Å². The van der Waals surface area contributed by atoms with Crippen molar-refractivity contribution in [3.8, 4) is 0 Å². The number of sulfone groups is 1. The molecule has 7 heteroatoms. The van der Waals surface area contributed by atoms with Crippen molar-refractivity contribution in [2.24, 2.45) is 5.92 Å². The summed E-state index contributed by atoms with van der Waals surface area (Å²) in [5.74, 6) is 1.47. The highest BCUT2D eigenvalue weighted by Crippen LogP contribution is 2.41. The van der Waals surface area contributed by atoms with Gasteiger partial charge in [0.2, 0.25) is 5.91 Å². The van der Waals surface area contributed by atoms with Gasteiger partial charge in [-0.2, -0.15) is 5.10 Å². The number of rotatable bonds is 4. The van der Waals surface area contributed by atoms with Crippen LogP contribution in [0.15, 0.2) is 18.2 Å². The van der Waals surface area contributed by atoms with Gasteiger partial charge in [-0.3, -0.25) is 4.79 Å². The molecule has 3 aliphatic rings. The van der Waals surface area contributed by atoms with Gasteiger partial charge in [-0.05, 0) is 38.5 Å². The number of aromatic nitrogens is 2. The number of allylic oxidation sites excluding steroid dienone is 2. The number of hydrogen-bond acceptors (Lipinski definition) is 4. The third-order valence-electron chi connectivity index (χ3n) is 5.20. The molecule has 1 saturated carbocycles. The lowest BCUT2D eigenvalue weighted by atomic mass is 9.94. The number of amides is 1. The van der Waals surface area contributed by atoms with Crippen molar-refractivity contribution in [3.63, 3.8) is 0 Å². The number of anilines is 1. The van der Waals surface area contributed by atoms with Crippen molar-refractivity contribution in [1.29, 1.82) is 0 Å². The second kappa shape index (κ2) is 6.02. The van der Waals surface area contributed by atoms with Gasteiger partial charge in [0.05, 0.1) is 23.2 Å². The molecule has 2 atom stereocenters. The Labute approximate surface area is 142 Å². The maximum Gasteiger partial charge on any atom is 0.228 e. The summed E-state index contributed by atoms with van der Waals surface area (Å²) in [6.07, 6.45) is 9.57. The van der Waals surface area contributed by atoms with E-state index < -0.39 is 9.84 Å². The van der Waals surface area contributed by atoms with E-state index in [1.165, 1.54) is 0 Å². The first-order valence-corrected chi connectivity index (χ1v) is 10.6. The highest BCUT2D eigenvalue weighted by molar-refractivity contribution is 7.91. The molecular formula is C17H23N3O3S. The van der Waals surface area contributed by atoms with Crippen LogP contribution in [0.3, 0.4) is 0 Å². The van der Waals surface area contributed by atoms with E-state index in [2.05, 4.69) is 22.6 Å². The molecule has 6 nitrogen and oxygen atoms in total. The van der Waals surface area contributed by atoms with Gasteiger partial charge in [0.15, 0.2) is 9.84 Å². The molecule has 1 N–H and O–H groups in total. The first-order valence-electron chi connectivity index (χ1n) is 8.77. The molecule has 0 spiro atoms. The van der Waals surface area contributed by atoms with Crippen molar-refractivity contribution < 1.29 is 13.2 Å². The summed E-state index contributed by atoms with van der Waals surface area (Å²) in [6, 6.07) is 1.78. The van der Waals surface area contributed by atoms with Crippen molar-refractivity contribution in [1.82, 2.24) is 9.78 Å². The summed E-state index contributed by atoms with van der Waals surface area (Å²) in [7, 11) is -2.99. The lowest BCUT2D eigenvalue weighted by Crippen LogP contribution is -2.26. The minimum absolute atomic E-state index is 0.00460. The SMILES string of the molecule is O=C(Nc1cc(C2CC2)nn1[C@@H]1CCS(=O)(=O)C1)[C@@H]1CC=CCC1. The molecule has 0 unspecified atom stereocenters. The Morgan fingerprint density at radius 3 is 2.67 bits per heavy atom. The molecule has 4 rings (SSSR count). The number of hydrogen-bond donors (Lipinski definition) is 1. The Morgan fingerprint density at radius 2 is 2.04 bits per heavy atom. The second-order valence-electron chi connectivity index (χ2n) is 7.20. The quantitative estimate of drug-likeness (QED) is 0.847. The zero-order valence-electron chi connectivity index (χ0n) is 13.6. The van der Waals surface area contributed by atoms with Crippen molar-refractivity contribution >= 4 is 21.6 Å². The van der Waals surface area contributed by atoms with E-state index in [0.29, 0.717) is 18.2 Å². The van der Waals surface area contributed by atoms with Gasteiger partial charge in [0.25, 0.3) is 0 Å². The highest BCUT2D eigenvalue weighted by Gasteiger charge is 2.34. The van der Waals surface area contributed by atoms with E-state index in [1.807, 2.05) is 6.07 Å². The number of nitrogens with zero attached hydrogens (tertiary/aromatic N) is 2. The van der Waals surface area contributed by atoms with Gasteiger partial charge in [-0.1, -0.05) is 12.2 Å². The molecule has 1 amide bonds. The Kier molecular flexibility index (Phi) is 3.98. The average molecular weight is 349 g/mol. The van der Waals surface area contributed by atoms with E-state index in [0.717, 1.165) is 37.8 Å². The Balaban J connectivity index is 1.56. The van der Waals surface area contributed by atoms with Gasteiger partial charge < -0.3 is 5.32 Å². The van der Waals surface area contributed by atoms with Crippen LogP contribution < -0.4 is 5.32 Å². The lowest BCUT2D eigenvalue weighted by Gasteiger charge is -2.19. The first kappa shape index (κ1) is 15.9. The molecule has 2 heterocycles. The van der Waals surface area contributed by atoms with Crippen molar-refractivity contribution in [2.75, 3.05) is 16.8 Å². The number of carbonyl (C=O) groups excluding carboxylic acids is 1. The van der Waals surface area contributed by atoms with E-state index in [9.17, 15) is 13.2 Å². The third-order valence-corrected chi connectivity index (χ3v) is 6.95. The maximum absolute atomic E-state index is 12.6. The monoisotopic (exact) mass is 349 g/mol. The van der Waals surface area contributed by atoms with Gasteiger partial charge in [-0.15, -0.1) is 0 Å². The van der Waals surface area contributed by atoms with E-state index >= 15 is 0 Å². The summed E-state index contributed by atoms with van der Waals surface area (Å²) in [5.41, 5.74) is 0.984. The molecule has 2 aliphatic carbocycles. The van der Waals surface area contributed by atoms with Crippen LogP contribution in [0.2, 0.25) is 0 Å². The lowest BCUT2D eigenvalue weighted by molar-refractivity contribution is -0.120. The fourth-order valence-electron chi connectivity index (χ4n) is 3.59. The molecular weight excluding hydrogens is 326 g/mol. The molecule has 1 aromatic heterocycles. The zero-order chi connectivity index (χ0) is 16.7. The third kappa shape index (κ3) is 3.27. The van der Waals surface area contributed by atoms with E-state index in [1.54, 1.807) is 4.68 Å². The van der Waals surface area contributed by atoms with Crippen LogP contribution in [0.4, 0.5) is 5.82 Å². The van der Waals surface area contributed by atoms with Crippen LogP contribution in [0.1, 0.15) is 56.2 Å². The highest BCUT2D eigenvalue weighted by atomic mass is 32.2. The largest absolute Gasteiger partial charge is 0.311 e. The molecule has 0 aromatic carbocycles. The van der Waals surface area contributed by atoms with Gasteiger partial charge in [0, 0.05) is 17.9 Å². The summed E-state index contributed by atoms with van der Waals surface area (Å²) in [5, 5.41) is 7.66. The normalized spacial score (nSPS) is 28.8. The van der Waals surface area contributed by atoms with Gasteiger partial charge >= 0.3 is 0 Å². The summed E-state index contributed by atoms with van der Waals surface area (Å²) >= 11 is 0. The Morgan fingerprint density at radius 1 is 1.21 bits per heavy atom. The standard InChI is InChI=1S/C17H23N3O3S/c21-17(13-4-2-1-3-5-13)18-16-10-15(12-6-7-12)19-20(16)14-8-9-24(22,23)11-14/h1-2,10,12-14H,3-9,11H2,(H,18,21)/t13-,14-/m1/s1. The van der Waals surface area contributed by atoms with Gasteiger partial charge in [0.1, 0.15) is 5.82 Å². The minimum atomic E-state index is -2.99. The minimum Gasteiger partial charge on any atom is -0.311 e. The zero-order valence-corrected chi connectivity index (χ0v) is 14.5. The molecule has 1 aliphatic heterocycles. The summed E-state index contributed by atoms with van der Waals surface area (Å²) < 4.78 is 25.4. The molecule has 1 saturated heterocycles. The summed E-state index contributed by atoms with van der Waals surface area (Å²) in [4.78, 5) is 12.6. The Bertz CT molecular complexity index is 777. The molecule has 0 radical (unpaired) electrons. The van der Waals surface area contributed by atoms with Crippen molar-refractivity contribution in [3.05, 3.63) is 23.9 Å². The predicted molar refractivity (Wildman–Crippen MR) is 91.6 cm³/mol. The van der Waals surface area contributed by atoms with Crippen LogP contribution in [0, 0.1) is 5.92 Å². The second-order valence-corrected chi connectivity index (χ2v) is 9.43. The molecule has 130 valence electrons. The molecule has 1 aromatic rings. The number of carbonyl (C=O) groups is 1. The molecule has 0 bridgehead atoms. The van der Waals surface area contributed by atoms with Crippen LogP contribution in [-0.2, 0) is 14.6 Å². The fraction of sp³-hybridized carbons (Fsp3) is 0.647. The fourth-order valence-corrected chi connectivity index (χ4v) is 5.28. The van der Waals surface area contributed by atoms with Crippen LogP contribution >= 0.6 is 0 Å². The summed E-state index contributed by atoms with van der Waals surface area (Å²) in [6.45, 7) is 0. The average Bonchev–Trinajstić information content (AvgIpc) is 3.24. The van der Waals surface area contributed by atoms with Gasteiger partial charge in [-0.25, -0.2) is 13.1 Å². The van der Waals surface area contributed by atoms with Crippen LogP contribution in [0.25, 0.3) is 0 Å². The van der Waals surface area contributed by atoms with Crippen LogP contribution in [0.5, 0.6) is 0 Å².